The summed E-state index contributed by atoms with van der Waals surface area (Å²) >= 11 is 0. The van der Waals surface area contributed by atoms with Gasteiger partial charge in [0.05, 0.1) is 0 Å². The molecule has 0 spiro atoms. The van der Waals surface area contributed by atoms with Crippen LogP contribution in [0.2, 0.25) is 0 Å². The van der Waals surface area contributed by atoms with E-state index in [1.807, 2.05) is 0 Å². The second kappa shape index (κ2) is 6.30. The van der Waals surface area contributed by atoms with Crippen molar-refractivity contribution < 1.29 is 0 Å². The van der Waals surface area contributed by atoms with Crippen LogP contribution in [0.3, 0.4) is 0 Å². The van der Waals surface area contributed by atoms with E-state index in [9.17, 15) is 0 Å². The number of fused-ring (bicyclic) bond motifs is 1. The molecule has 3 rings (SSSR count). The van der Waals surface area contributed by atoms with Gasteiger partial charge in [0.1, 0.15) is 0 Å². The van der Waals surface area contributed by atoms with Crippen LogP contribution in [-0.2, 0) is 6.42 Å². The smallest absolute Gasteiger partial charge is 0.00731 e. The van der Waals surface area contributed by atoms with Crippen LogP contribution in [0.25, 0.3) is 0 Å². The van der Waals surface area contributed by atoms with Crippen LogP contribution in [0, 0.1) is 11.8 Å². The van der Waals surface area contributed by atoms with E-state index in [1.54, 1.807) is 11.1 Å². The summed E-state index contributed by atoms with van der Waals surface area (Å²) in [7, 11) is 0. The quantitative estimate of drug-likeness (QED) is 0.829. The normalized spacial score (nSPS) is 30.4. The van der Waals surface area contributed by atoms with Crippen LogP contribution < -0.4 is 5.73 Å². The van der Waals surface area contributed by atoms with Crippen molar-refractivity contribution in [3.05, 3.63) is 35.4 Å². The number of hydrogen-bond donors (Lipinski definition) is 1. The lowest BCUT2D eigenvalue weighted by Crippen LogP contribution is -2.36. The Morgan fingerprint density at radius 3 is 2.60 bits per heavy atom. The van der Waals surface area contributed by atoms with E-state index in [2.05, 4.69) is 31.2 Å². The summed E-state index contributed by atoms with van der Waals surface area (Å²) in [6.45, 7) is 2.31. The highest BCUT2D eigenvalue weighted by Crippen LogP contribution is 2.41. The van der Waals surface area contributed by atoms with Gasteiger partial charge in [-0.25, -0.2) is 0 Å². The molecule has 1 heteroatoms. The van der Waals surface area contributed by atoms with E-state index in [4.69, 9.17) is 5.73 Å². The Balaban J connectivity index is 1.48. The van der Waals surface area contributed by atoms with Crippen molar-refractivity contribution in [2.75, 3.05) is 0 Å². The molecule has 0 radical (unpaired) electrons. The molecule has 2 unspecified atom stereocenters. The van der Waals surface area contributed by atoms with Gasteiger partial charge in [0.2, 0.25) is 0 Å². The summed E-state index contributed by atoms with van der Waals surface area (Å²) in [6, 6.07) is 9.33. The highest BCUT2D eigenvalue weighted by atomic mass is 14.7. The molecule has 0 saturated heterocycles. The van der Waals surface area contributed by atoms with Gasteiger partial charge in [-0.3, -0.25) is 0 Å². The Kier molecular flexibility index (Phi) is 4.45. The summed E-state index contributed by atoms with van der Waals surface area (Å²) in [6.07, 6.45) is 10.8. The first-order valence-electron chi connectivity index (χ1n) is 8.61. The molecule has 1 saturated carbocycles. The molecular weight excluding hydrogens is 242 g/mol. The molecule has 0 bridgehead atoms. The summed E-state index contributed by atoms with van der Waals surface area (Å²) in [5.74, 6) is 2.53. The summed E-state index contributed by atoms with van der Waals surface area (Å²) < 4.78 is 0. The first-order valence-corrected chi connectivity index (χ1v) is 8.61. The first kappa shape index (κ1) is 14.1. The molecule has 2 atom stereocenters. The third-order valence-corrected chi connectivity index (χ3v) is 5.71. The molecule has 110 valence electrons. The number of rotatable bonds is 5. The van der Waals surface area contributed by atoms with Gasteiger partial charge in [-0.05, 0) is 54.6 Å². The van der Waals surface area contributed by atoms with Crippen LogP contribution >= 0.6 is 0 Å². The van der Waals surface area contributed by atoms with E-state index >= 15 is 0 Å². The van der Waals surface area contributed by atoms with E-state index in [1.165, 1.54) is 51.4 Å². The summed E-state index contributed by atoms with van der Waals surface area (Å²) in [5.41, 5.74) is 9.66. The van der Waals surface area contributed by atoms with Gasteiger partial charge < -0.3 is 5.73 Å². The second-order valence-electron chi connectivity index (χ2n) is 7.07. The SMILES string of the molecule is CCCC1CCC(C(N)CC2Cc3ccccc32)CC1. The van der Waals surface area contributed by atoms with Crippen molar-refractivity contribution in [1.29, 1.82) is 0 Å². The van der Waals surface area contributed by atoms with Crippen LogP contribution in [0.5, 0.6) is 0 Å². The fraction of sp³-hybridized carbons (Fsp3) is 0.684. The van der Waals surface area contributed by atoms with Gasteiger partial charge in [0.15, 0.2) is 0 Å². The molecule has 2 aliphatic rings. The lowest BCUT2D eigenvalue weighted by atomic mass is 9.70. The molecule has 1 fully saturated rings. The maximum Gasteiger partial charge on any atom is 0.00731 e. The number of nitrogens with two attached hydrogens (primary N) is 1. The highest BCUT2D eigenvalue weighted by Gasteiger charge is 2.31. The van der Waals surface area contributed by atoms with Gasteiger partial charge in [0.25, 0.3) is 0 Å². The van der Waals surface area contributed by atoms with Gasteiger partial charge in [-0.1, -0.05) is 56.9 Å². The topological polar surface area (TPSA) is 26.0 Å². The minimum absolute atomic E-state index is 0.427. The molecule has 0 aliphatic heterocycles. The zero-order chi connectivity index (χ0) is 13.9. The minimum atomic E-state index is 0.427. The van der Waals surface area contributed by atoms with Crippen LogP contribution in [0.1, 0.15) is 68.9 Å². The monoisotopic (exact) mass is 271 g/mol. The maximum absolute atomic E-state index is 6.54. The molecule has 1 aromatic carbocycles. The van der Waals surface area contributed by atoms with E-state index in [0.717, 1.165) is 17.8 Å². The van der Waals surface area contributed by atoms with Crippen LogP contribution in [-0.4, -0.2) is 6.04 Å². The lowest BCUT2D eigenvalue weighted by Gasteiger charge is -2.37. The average Bonchev–Trinajstić information content (AvgIpc) is 2.46. The Labute approximate surface area is 124 Å². The fourth-order valence-corrected chi connectivity index (χ4v) is 4.41. The number of hydrogen-bond acceptors (Lipinski definition) is 1. The average molecular weight is 271 g/mol. The standard InChI is InChI=1S/C19H29N/c1-2-5-14-8-10-15(11-9-14)19(20)13-17-12-16-6-3-4-7-18(16)17/h3-4,6-7,14-15,17,19H,2,5,8-13,20H2,1H3. The van der Waals surface area contributed by atoms with Crippen molar-refractivity contribution in [1.82, 2.24) is 0 Å². The lowest BCUT2D eigenvalue weighted by molar-refractivity contribution is 0.221. The predicted octanol–water partition coefficient (Wildman–Crippen LogP) is 4.65. The van der Waals surface area contributed by atoms with Crippen molar-refractivity contribution in [3.8, 4) is 0 Å². The summed E-state index contributed by atoms with van der Waals surface area (Å²) in [5, 5.41) is 0. The second-order valence-corrected chi connectivity index (χ2v) is 7.07. The molecule has 0 aromatic heterocycles. The largest absolute Gasteiger partial charge is 0.327 e. The molecule has 1 aromatic rings. The third kappa shape index (κ3) is 2.93. The zero-order valence-electron chi connectivity index (χ0n) is 12.9. The van der Waals surface area contributed by atoms with E-state index in [0.29, 0.717) is 6.04 Å². The van der Waals surface area contributed by atoms with Crippen LogP contribution in [0.15, 0.2) is 24.3 Å². The van der Waals surface area contributed by atoms with Crippen molar-refractivity contribution in [2.24, 2.45) is 17.6 Å². The first-order chi connectivity index (χ1) is 9.78. The predicted molar refractivity (Wildman–Crippen MR) is 85.8 cm³/mol. The van der Waals surface area contributed by atoms with Crippen molar-refractivity contribution in [2.45, 2.75) is 70.3 Å². The van der Waals surface area contributed by atoms with Gasteiger partial charge in [-0.2, -0.15) is 0 Å². The molecule has 2 N–H and O–H groups in total. The van der Waals surface area contributed by atoms with Crippen molar-refractivity contribution in [3.63, 3.8) is 0 Å². The van der Waals surface area contributed by atoms with E-state index < -0.39 is 0 Å². The van der Waals surface area contributed by atoms with Gasteiger partial charge in [-0.15, -0.1) is 0 Å². The fourth-order valence-electron chi connectivity index (χ4n) is 4.41. The highest BCUT2D eigenvalue weighted by molar-refractivity contribution is 5.39. The Morgan fingerprint density at radius 1 is 1.15 bits per heavy atom. The minimum Gasteiger partial charge on any atom is -0.327 e. The van der Waals surface area contributed by atoms with Crippen LogP contribution in [0.4, 0.5) is 0 Å². The third-order valence-electron chi connectivity index (χ3n) is 5.71. The van der Waals surface area contributed by atoms with Crippen molar-refractivity contribution >= 4 is 0 Å². The molecule has 0 heterocycles. The number of benzene rings is 1. The summed E-state index contributed by atoms with van der Waals surface area (Å²) in [4.78, 5) is 0. The maximum atomic E-state index is 6.54. The molecule has 2 aliphatic carbocycles. The molecule has 1 nitrogen and oxygen atoms in total. The Morgan fingerprint density at radius 2 is 1.90 bits per heavy atom. The van der Waals surface area contributed by atoms with E-state index in [-0.39, 0.29) is 0 Å². The zero-order valence-corrected chi connectivity index (χ0v) is 12.9. The van der Waals surface area contributed by atoms with Gasteiger partial charge >= 0.3 is 0 Å². The Bertz CT molecular complexity index is 431. The van der Waals surface area contributed by atoms with Gasteiger partial charge in [0, 0.05) is 6.04 Å². The molecule has 20 heavy (non-hydrogen) atoms. The molecular formula is C19H29N. The Hall–Kier alpha value is -0.820. The molecule has 0 amide bonds.